The van der Waals surface area contributed by atoms with Gasteiger partial charge >= 0.3 is 0 Å². The first-order valence-corrected chi connectivity index (χ1v) is 10.8. The second-order valence-corrected chi connectivity index (χ2v) is 8.20. The number of carbonyl (C=O) groups excluding carboxylic acids is 1. The minimum absolute atomic E-state index is 0.165. The maximum absolute atomic E-state index is 14.4. The van der Waals surface area contributed by atoms with Gasteiger partial charge in [0, 0.05) is 29.4 Å². The summed E-state index contributed by atoms with van der Waals surface area (Å²) in [5.41, 5.74) is 9.37. The van der Waals surface area contributed by atoms with Crippen molar-refractivity contribution in [2.75, 3.05) is 0 Å². The quantitative estimate of drug-likeness (QED) is 0.486. The molecule has 0 saturated carbocycles. The van der Waals surface area contributed by atoms with E-state index in [-0.39, 0.29) is 11.7 Å². The van der Waals surface area contributed by atoms with E-state index in [1.165, 1.54) is 17.7 Å². The Morgan fingerprint density at radius 3 is 2.88 bits per heavy atom. The number of rotatable bonds is 5. The summed E-state index contributed by atoms with van der Waals surface area (Å²) in [6.07, 6.45) is 5.89. The van der Waals surface area contributed by atoms with Gasteiger partial charge in [-0.25, -0.2) is 9.38 Å². The molecule has 3 aromatic rings. The summed E-state index contributed by atoms with van der Waals surface area (Å²) in [6.45, 7) is 2.58. The summed E-state index contributed by atoms with van der Waals surface area (Å²) in [5.74, 6) is -0.406. The number of aliphatic imine (C=N–C) groups is 1. The van der Waals surface area contributed by atoms with Gasteiger partial charge in [-0.3, -0.25) is 15.4 Å². The summed E-state index contributed by atoms with van der Waals surface area (Å²) in [6, 6.07) is 14.6. The van der Waals surface area contributed by atoms with Crippen LogP contribution in [0.2, 0.25) is 0 Å². The van der Waals surface area contributed by atoms with E-state index in [9.17, 15) is 9.18 Å². The van der Waals surface area contributed by atoms with Gasteiger partial charge in [0.15, 0.2) is 6.29 Å². The van der Waals surface area contributed by atoms with Crippen molar-refractivity contribution in [1.29, 1.82) is 0 Å². The number of halogens is 1. The van der Waals surface area contributed by atoms with E-state index >= 15 is 0 Å². The molecular weight excluding hydrogens is 419 g/mol. The van der Waals surface area contributed by atoms with Crippen LogP contribution in [0.1, 0.15) is 34.3 Å². The van der Waals surface area contributed by atoms with Gasteiger partial charge in [-0.2, -0.15) is 0 Å². The van der Waals surface area contributed by atoms with Crippen LogP contribution in [-0.4, -0.2) is 22.9 Å². The van der Waals surface area contributed by atoms with Gasteiger partial charge < -0.3 is 15.6 Å². The molecule has 3 heterocycles. The number of amides is 1. The average molecular weight is 445 g/mol. The highest BCUT2D eigenvalue weighted by molar-refractivity contribution is 6.06. The third-order valence-electron chi connectivity index (χ3n) is 6.01. The molecule has 0 radical (unpaired) electrons. The van der Waals surface area contributed by atoms with Crippen molar-refractivity contribution in [3.63, 3.8) is 0 Å². The van der Waals surface area contributed by atoms with Crippen LogP contribution in [0, 0.1) is 12.7 Å². The van der Waals surface area contributed by atoms with Crippen LogP contribution in [0.3, 0.4) is 0 Å². The van der Waals surface area contributed by atoms with Crippen molar-refractivity contribution in [2.45, 2.75) is 32.3 Å². The zero-order chi connectivity index (χ0) is 22.9. The Morgan fingerprint density at radius 2 is 2.09 bits per heavy atom. The van der Waals surface area contributed by atoms with Crippen LogP contribution < -0.4 is 21.7 Å². The van der Waals surface area contributed by atoms with E-state index in [1.807, 2.05) is 41.8 Å². The largest absolute Gasteiger partial charge is 0.366 e. The number of nitrogens with one attached hydrogen (secondary N) is 3. The van der Waals surface area contributed by atoms with Gasteiger partial charge in [0.25, 0.3) is 0 Å². The first kappa shape index (κ1) is 21.1. The van der Waals surface area contributed by atoms with Crippen molar-refractivity contribution < 1.29 is 9.18 Å². The number of nitrogens with zero attached hydrogens (tertiary/aromatic N) is 2. The predicted molar refractivity (Wildman–Crippen MR) is 127 cm³/mol. The summed E-state index contributed by atoms with van der Waals surface area (Å²) in [4.78, 5) is 16.5. The topological polar surface area (TPSA) is 96.5 Å². The molecule has 5 N–H and O–H groups in total. The van der Waals surface area contributed by atoms with E-state index in [2.05, 4.69) is 39.2 Å². The highest BCUT2D eigenvalue weighted by atomic mass is 19.1. The van der Waals surface area contributed by atoms with Gasteiger partial charge in [-0.05, 0) is 43.2 Å². The Kier molecular flexibility index (Phi) is 5.53. The van der Waals surface area contributed by atoms with E-state index < -0.39 is 18.0 Å². The van der Waals surface area contributed by atoms with E-state index in [4.69, 9.17) is 5.73 Å². The maximum Gasteiger partial charge on any atom is 0.249 e. The highest BCUT2D eigenvalue weighted by Gasteiger charge is 2.30. The Bertz CT molecular complexity index is 1310. The van der Waals surface area contributed by atoms with Crippen LogP contribution in [0.25, 0.3) is 10.9 Å². The molecule has 2 aromatic carbocycles. The lowest BCUT2D eigenvalue weighted by Gasteiger charge is -2.37. The molecule has 1 aromatic heterocycles. The minimum Gasteiger partial charge on any atom is -0.366 e. The summed E-state index contributed by atoms with van der Waals surface area (Å²) >= 11 is 0. The van der Waals surface area contributed by atoms with E-state index in [0.29, 0.717) is 17.4 Å². The molecule has 8 heteroatoms. The lowest BCUT2D eigenvalue weighted by Crippen LogP contribution is -2.55. The fourth-order valence-corrected chi connectivity index (χ4v) is 4.47. The van der Waals surface area contributed by atoms with Gasteiger partial charge in [-0.1, -0.05) is 36.4 Å². The van der Waals surface area contributed by atoms with Gasteiger partial charge in [0.2, 0.25) is 5.91 Å². The number of aryl methyl sites for hydroxylation is 1. The molecule has 0 aliphatic carbocycles. The lowest BCUT2D eigenvalue weighted by atomic mass is 10.1. The number of hydrogen-bond donors (Lipinski definition) is 4. The minimum atomic E-state index is -0.659. The first-order valence-electron chi connectivity index (χ1n) is 10.8. The number of hydrogen-bond acceptors (Lipinski definition) is 5. The van der Waals surface area contributed by atoms with Crippen LogP contribution in [0.5, 0.6) is 0 Å². The summed E-state index contributed by atoms with van der Waals surface area (Å²) in [5, 5.41) is 11.2. The van der Waals surface area contributed by atoms with Crippen LogP contribution in [0.15, 0.2) is 77.1 Å². The Hall–Kier alpha value is -3.75. The molecule has 2 aliphatic rings. The third-order valence-corrected chi connectivity index (χ3v) is 6.01. The Balaban J connectivity index is 1.54. The van der Waals surface area contributed by atoms with Gasteiger partial charge in [-0.15, -0.1) is 0 Å². The fraction of sp³-hybridized carbons (Fsp3) is 0.200. The van der Waals surface area contributed by atoms with Crippen LogP contribution in [-0.2, 0) is 6.54 Å². The molecule has 2 aliphatic heterocycles. The molecule has 0 bridgehead atoms. The monoisotopic (exact) mass is 444 g/mol. The first-order chi connectivity index (χ1) is 16.0. The number of nitrogens with two attached hydrogens (primary N) is 1. The summed E-state index contributed by atoms with van der Waals surface area (Å²) in [7, 11) is 0. The number of primary amides is 1. The highest BCUT2D eigenvalue weighted by Crippen LogP contribution is 2.30. The molecule has 33 heavy (non-hydrogen) atoms. The Labute approximate surface area is 190 Å². The number of fused-ring (bicyclic) bond motifs is 1. The molecular formula is C25H25FN6O. The van der Waals surface area contributed by atoms with Gasteiger partial charge in [0.05, 0.1) is 17.2 Å². The van der Waals surface area contributed by atoms with Crippen LogP contribution >= 0.6 is 0 Å². The zero-order valence-electron chi connectivity index (χ0n) is 18.2. The maximum atomic E-state index is 14.4. The normalized spacial score (nSPS) is 19.9. The number of benzene rings is 2. The number of aromatic nitrogens is 1. The molecule has 2 atom stereocenters. The zero-order valence-corrected chi connectivity index (χ0v) is 18.2. The standard InChI is InChI=1S/C25H25FN6O/c1-15-11-19-20(22(27)33)12-17(26)13-21(19)32(15)25-30-23-18(9-5-6-10-28-23)24(31-25)29-14-16-7-3-2-4-8-16/h2-8,10-13,24-25,29-31H,9,14H2,1H3,(H2,27,33). The van der Waals surface area contributed by atoms with E-state index in [0.717, 1.165) is 23.5 Å². The smallest absolute Gasteiger partial charge is 0.249 e. The summed E-state index contributed by atoms with van der Waals surface area (Å²) < 4.78 is 16.3. The molecule has 0 spiro atoms. The predicted octanol–water partition coefficient (Wildman–Crippen LogP) is 3.19. The van der Waals surface area contributed by atoms with Gasteiger partial charge in [0.1, 0.15) is 11.6 Å². The second kappa shape index (κ2) is 8.65. The van der Waals surface area contributed by atoms with Crippen LogP contribution in [0.4, 0.5) is 4.39 Å². The van der Waals surface area contributed by atoms with Crippen molar-refractivity contribution in [3.8, 4) is 0 Å². The Morgan fingerprint density at radius 1 is 1.27 bits per heavy atom. The molecule has 0 fully saturated rings. The third kappa shape index (κ3) is 4.06. The van der Waals surface area contributed by atoms with Crippen molar-refractivity contribution in [2.24, 2.45) is 10.7 Å². The fourth-order valence-electron chi connectivity index (χ4n) is 4.47. The van der Waals surface area contributed by atoms with Crippen molar-refractivity contribution in [1.82, 2.24) is 20.5 Å². The van der Waals surface area contributed by atoms with Crippen molar-refractivity contribution >= 4 is 23.0 Å². The lowest BCUT2D eigenvalue weighted by molar-refractivity contribution is 0.100. The van der Waals surface area contributed by atoms with Crippen molar-refractivity contribution in [3.05, 3.63) is 94.7 Å². The SMILES string of the molecule is Cc1cc2c(C(N)=O)cc(F)cc2n1C1NC2=C(CC=CC=N2)C(NCc2ccccc2)N1. The average Bonchev–Trinajstić information content (AvgIpc) is 2.96. The second-order valence-electron chi connectivity index (χ2n) is 8.20. The molecule has 2 unspecified atom stereocenters. The number of carbonyl (C=O) groups is 1. The molecule has 168 valence electrons. The number of allylic oxidation sites excluding steroid dienone is 2. The van der Waals surface area contributed by atoms with E-state index in [1.54, 1.807) is 6.21 Å². The molecule has 5 rings (SSSR count). The molecule has 0 saturated heterocycles. The molecule has 7 nitrogen and oxygen atoms in total. The molecule has 1 amide bonds.